The Bertz CT molecular complexity index is 1840. The summed E-state index contributed by atoms with van der Waals surface area (Å²) < 4.78 is 63.6. The zero-order valence-corrected chi connectivity index (χ0v) is 34.7. The molecule has 12 heteroatoms. The highest BCUT2D eigenvalue weighted by atomic mass is 32.2. The van der Waals surface area contributed by atoms with Crippen LogP contribution in [0.4, 0.5) is 10.1 Å². The Kier molecular flexibility index (Phi) is 12.1. The highest BCUT2D eigenvalue weighted by molar-refractivity contribution is 7.91. The summed E-state index contributed by atoms with van der Waals surface area (Å²) in [6, 6.07) is 11.0. The number of likely N-dealkylation sites (tertiary alicyclic amines) is 1. The Hall–Kier alpha value is -2.48. The molecule has 6 rings (SSSR count). The summed E-state index contributed by atoms with van der Waals surface area (Å²) in [6.07, 6.45) is 7.85. The van der Waals surface area contributed by atoms with Crippen LogP contribution >= 0.6 is 0 Å². The van der Waals surface area contributed by atoms with Crippen LogP contribution in [0.2, 0.25) is 0 Å². The number of hydrogen-bond donors (Lipinski definition) is 0. The van der Waals surface area contributed by atoms with Crippen molar-refractivity contribution in [3.8, 4) is 5.75 Å². The summed E-state index contributed by atoms with van der Waals surface area (Å²) in [7, 11) is -4.35. The van der Waals surface area contributed by atoms with Crippen molar-refractivity contribution in [2.45, 2.75) is 119 Å². The van der Waals surface area contributed by atoms with Crippen LogP contribution in [0.3, 0.4) is 0 Å². The first-order chi connectivity index (χ1) is 24.9. The molecule has 0 bridgehead atoms. The van der Waals surface area contributed by atoms with Gasteiger partial charge in [-0.05, 0) is 114 Å². The predicted molar refractivity (Wildman–Crippen MR) is 213 cm³/mol. The predicted octanol–water partition coefficient (Wildman–Crippen LogP) is 7.00. The van der Waals surface area contributed by atoms with Crippen molar-refractivity contribution < 1.29 is 22.1 Å². The molecule has 4 heterocycles. The first-order valence-electron chi connectivity index (χ1n) is 19.4. The van der Waals surface area contributed by atoms with E-state index >= 15 is 4.39 Å². The summed E-state index contributed by atoms with van der Waals surface area (Å²) in [6.45, 7) is 22.9. The topological polar surface area (TPSA) is 92.3 Å². The molecule has 2 aromatic carbocycles. The molecule has 0 saturated carbocycles. The van der Waals surface area contributed by atoms with Crippen molar-refractivity contribution in [3.05, 3.63) is 48.4 Å². The van der Waals surface area contributed by atoms with Gasteiger partial charge in [0.05, 0.1) is 11.2 Å². The molecule has 0 aliphatic carbocycles. The molecule has 0 amide bonds. The quantitative estimate of drug-likeness (QED) is 0.202. The lowest BCUT2D eigenvalue weighted by atomic mass is 9.83. The van der Waals surface area contributed by atoms with Gasteiger partial charge in [0.1, 0.15) is 33.2 Å². The van der Waals surface area contributed by atoms with Crippen molar-refractivity contribution in [1.29, 1.82) is 0 Å². The van der Waals surface area contributed by atoms with E-state index in [1.54, 1.807) is 24.5 Å². The van der Waals surface area contributed by atoms with Gasteiger partial charge in [-0.2, -0.15) is 0 Å². The molecule has 3 saturated heterocycles. The molecule has 9 nitrogen and oxygen atoms in total. The summed E-state index contributed by atoms with van der Waals surface area (Å²) in [5, 5.41) is 0.611. The maximum atomic E-state index is 15.9. The number of halogens is 1. The Morgan fingerprint density at radius 3 is 2.04 bits per heavy atom. The van der Waals surface area contributed by atoms with Gasteiger partial charge in [0.2, 0.25) is 9.84 Å². The first-order valence-corrected chi connectivity index (χ1v) is 22.4. The molecule has 1 atom stereocenters. The number of sulfone groups is 1. The Morgan fingerprint density at radius 1 is 0.868 bits per heavy atom. The SMILES string of the molecule is CC(C)N1CCN(C2CCN(C3CCN(c4c(S(=O)(=O)c5ccc(OC(C)(C)CC(C)(C)C)cc5F)cnc5ccc([S+](C)[O-])cc45)CC3)CC2)CC1. The normalized spacial score (nSPS) is 20.4. The van der Waals surface area contributed by atoms with Crippen molar-refractivity contribution in [3.63, 3.8) is 0 Å². The number of fused-ring (bicyclic) bond motifs is 1. The number of hydrogen-bond acceptors (Lipinski definition) is 9. The van der Waals surface area contributed by atoms with E-state index in [1.165, 1.54) is 37.2 Å². The van der Waals surface area contributed by atoms with Crippen LogP contribution in [0, 0.1) is 11.2 Å². The average molecular weight is 770 g/mol. The van der Waals surface area contributed by atoms with Gasteiger partial charge in [-0.3, -0.25) is 14.8 Å². The van der Waals surface area contributed by atoms with Crippen LogP contribution in [-0.2, 0) is 21.0 Å². The van der Waals surface area contributed by atoms with Crippen molar-refractivity contribution in [2.75, 3.05) is 63.5 Å². The van der Waals surface area contributed by atoms with Gasteiger partial charge < -0.3 is 19.1 Å². The largest absolute Gasteiger partial charge is 0.612 e. The number of aromatic nitrogens is 1. The maximum absolute atomic E-state index is 15.9. The van der Waals surface area contributed by atoms with Crippen molar-refractivity contribution in [2.24, 2.45) is 5.41 Å². The minimum absolute atomic E-state index is 0.0102. The molecular formula is C41H60FN5O4S2. The zero-order valence-electron chi connectivity index (χ0n) is 33.0. The second-order valence-electron chi connectivity index (χ2n) is 17.5. The number of benzene rings is 2. The van der Waals surface area contributed by atoms with Crippen LogP contribution in [-0.4, -0.2) is 115 Å². The number of nitrogens with zero attached hydrogens (tertiary/aromatic N) is 5. The molecule has 0 radical (unpaired) electrons. The van der Waals surface area contributed by atoms with Crippen LogP contribution < -0.4 is 9.64 Å². The number of rotatable bonds is 10. The summed E-state index contributed by atoms with van der Waals surface area (Å²) in [5.74, 6) is -0.588. The third-order valence-electron chi connectivity index (χ3n) is 11.3. The molecule has 3 aromatic rings. The van der Waals surface area contributed by atoms with E-state index in [-0.39, 0.29) is 16.1 Å². The number of ether oxygens (including phenoxy) is 1. The van der Waals surface area contributed by atoms with E-state index in [4.69, 9.17) is 4.74 Å². The number of pyridine rings is 1. The van der Waals surface area contributed by atoms with Gasteiger partial charge >= 0.3 is 0 Å². The third-order valence-corrected chi connectivity index (χ3v) is 14.0. The lowest BCUT2D eigenvalue weighted by molar-refractivity contribution is 0.0359. The minimum atomic E-state index is -4.35. The molecule has 1 unspecified atom stereocenters. The van der Waals surface area contributed by atoms with Gasteiger partial charge in [-0.1, -0.05) is 20.8 Å². The second-order valence-corrected chi connectivity index (χ2v) is 20.7. The molecule has 292 valence electrons. The zero-order chi connectivity index (χ0) is 38.3. The van der Waals surface area contributed by atoms with Crippen LogP contribution in [0.5, 0.6) is 5.75 Å². The van der Waals surface area contributed by atoms with Gasteiger partial charge in [-0.25, -0.2) is 12.8 Å². The fourth-order valence-electron chi connectivity index (χ4n) is 9.04. The monoisotopic (exact) mass is 769 g/mol. The highest BCUT2D eigenvalue weighted by Gasteiger charge is 2.35. The van der Waals surface area contributed by atoms with Gasteiger partial charge in [0.15, 0.2) is 4.90 Å². The highest BCUT2D eigenvalue weighted by Crippen LogP contribution is 2.40. The Morgan fingerprint density at radius 2 is 1.47 bits per heavy atom. The van der Waals surface area contributed by atoms with E-state index in [2.05, 4.69) is 59.2 Å². The van der Waals surface area contributed by atoms with E-state index in [0.717, 1.165) is 58.5 Å². The molecule has 1 aromatic heterocycles. The number of anilines is 1. The Balaban J connectivity index is 1.22. The molecule has 3 aliphatic rings. The van der Waals surface area contributed by atoms with Crippen molar-refractivity contribution >= 4 is 37.6 Å². The van der Waals surface area contributed by atoms with Crippen LogP contribution in [0.15, 0.2) is 57.3 Å². The summed E-state index contributed by atoms with van der Waals surface area (Å²) >= 11 is -1.28. The van der Waals surface area contributed by atoms with E-state index in [0.29, 0.717) is 52.7 Å². The Labute approximate surface area is 320 Å². The molecule has 0 N–H and O–H groups in total. The lowest BCUT2D eigenvalue weighted by Gasteiger charge is -2.46. The summed E-state index contributed by atoms with van der Waals surface area (Å²) in [4.78, 5) is 14.7. The maximum Gasteiger partial charge on any atom is 0.213 e. The summed E-state index contributed by atoms with van der Waals surface area (Å²) in [5.41, 5.74) is 0.523. The van der Waals surface area contributed by atoms with Gasteiger partial charge in [0, 0.05) is 81.1 Å². The minimum Gasteiger partial charge on any atom is -0.612 e. The van der Waals surface area contributed by atoms with Crippen LogP contribution in [0.1, 0.15) is 80.6 Å². The van der Waals surface area contributed by atoms with E-state index < -0.39 is 37.3 Å². The van der Waals surface area contributed by atoms with Gasteiger partial charge in [0.25, 0.3) is 0 Å². The fraction of sp³-hybridized carbons (Fsp3) is 0.634. The first kappa shape index (κ1) is 40.2. The lowest BCUT2D eigenvalue weighted by Crippen LogP contribution is -2.56. The van der Waals surface area contributed by atoms with Crippen molar-refractivity contribution in [1.82, 2.24) is 19.7 Å². The molecule has 0 spiro atoms. The molecular weight excluding hydrogens is 710 g/mol. The van der Waals surface area contributed by atoms with Gasteiger partial charge in [-0.15, -0.1) is 0 Å². The smallest absolute Gasteiger partial charge is 0.213 e. The standard InChI is InChI=1S/C41H60FN5O4S2/c1-29(2)44-21-23-46(24-22-44)31-13-17-45(18-14-31)30-15-19-47(20-16-30)39-34-26-33(52(8)48)10-11-36(34)43-27-38(39)53(49,50)37-12-9-32(25-35(37)42)51-41(6,7)28-40(3,4)5/h9-12,25-27,29-31H,13-24,28H2,1-8H3. The van der Waals surface area contributed by atoms with E-state index in [1.807, 2.05) is 13.8 Å². The fourth-order valence-corrected chi connectivity index (χ4v) is 11.1. The number of piperazine rings is 1. The molecule has 3 fully saturated rings. The average Bonchev–Trinajstić information content (AvgIpc) is 3.09. The molecule has 3 aliphatic heterocycles. The third kappa shape index (κ3) is 9.32. The second kappa shape index (κ2) is 15.9. The van der Waals surface area contributed by atoms with Crippen LogP contribution in [0.25, 0.3) is 10.9 Å². The molecule has 53 heavy (non-hydrogen) atoms. The number of piperidine rings is 2. The van der Waals surface area contributed by atoms with E-state index in [9.17, 15) is 13.0 Å².